The van der Waals surface area contributed by atoms with Crippen molar-refractivity contribution in [2.75, 3.05) is 19.0 Å². The summed E-state index contributed by atoms with van der Waals surface area (Å²) in [4.78, 5) is 22.5. The number of methoxy groups -OCH3 is 1. The van der Waals surface area contributed by atoms with Crippen LogP contribution in [0.4, 0.5) is 14.9 Å². The van der Waals surface area contributed by atoms with E-state index in [1.54, 1.807) is 6.92 Å². The molecule has 0 saturated carbocycles. The molecule has 19 heavy (non-hydrogen) atoms. The molecule has 0 radical (unpaired) electrons. The highest BCUT2D eigenvalue weighted by Gasteiger charge is 2.17. The van der Waals surface area contributed by atoms with Crippen LogP contribution in [-0.4, -0.2) is 36.9 Å². The molecule has 0 aromatic heterocycles. The second-order valence-electron chi connectivity index (χ2n) is 3.92. The molecule has 104 valence electrons. The highest BCUT2D eigenvalue weighted by Crippen LogP contribution is 2.19. The zero-order chi connectivity index (χ0) is 14.4. The molecule has 0 spiro atoms. The second kappa shape index (κ2) is 6.69. The topological polar surface area (TPSA) is 87.7 Å². The van der Waals surface area contributed by atoms with E-state index in [0.29, 0.717) is 0 Å². The van der Waals surface area contributed by atoms with Gasteiger partial charge in [0.2, 0.25) is 0 Å². The summed E-state index contributed by atoms with van der Waals surface area (Å²) in [5, 5.41) is 13.6. The summed E-state index contributed by atoms with van der Waals surface area (Å²) in [6.45, 7) is 1.99. The van der Waals surface area contributed by atoms with Gasteiger partial charge < -0.3 is 20.5 Å². The van der Waals surface area contributed by atoms with Crippen LogP contribution in [-0.2, 0) is 4.74 Å². The van der Waals surface area contributed by atoms with Gasteiger partial charge in [-0.05, 0) is 19.1 Å². The zero-order valence-corrected chi connectivity index (χ0v) is 10.6. The van der Waals surface area contributed by atoms with Gasteiger partial charge in [-0.1, -0.05) is 6.07 Å². The molecule has 0 bridgehead atoms. The number of urea groups is 1. The predicted octanol–water partition coefficient (Wildman–Crippen LogP) is 1.68. The summed E-state index contributed by atoms with van der Waals surface area (Å²) in [6.07, 6.45) is 0. The molecule has 0 aliphatic heterocycles. The van der Waals surface area contributed by atoms with E-state index < -0.39 is 17.8 Å². The van der Waals surface area contributed by atoms with Crippen molar-refractivity contribution in [2.45, 2.75) is 13.0 Å². The van der Waals surface area contributed by atoms with Crippen LogP contribution in [0.5, 0.6) is 0 Å². The Labute approximate surface area is 109 Å². The molecule has 1 aromatic carbocycles. The number of amides is 2. The Morgan fingerprint density at radius 2 is 2.16 bits per heavy atom. The molecular weight excluding hydrogens is 255 g/mol. The maximum absolute atomic E-state index is 13.5. The first-order chi connectivity index (χ1) is 8.95. The van der Waals surface area contributed by atoms with E-state index in [9.17, 15) is 14.0 Å². The van der Waals surface area contributed by atoms with Crippen molar-refractivity contribution < 1.29 is 23.8 Å². The first-order valence-corrected chi connectivity index (χ1v) is 5.54. The minimum absolute atomic E-state index is 0.287. The fraction of sp³-hybridized carbons (Fsp3) is 0.333. The lowest BCUT2D eigenvalue weighted by Gasteiger charge is -2.15. The third-order valence-electron chi connectivity index (χ3n) is 2.28. The molecule has 1 aromatic rings. The summed E-state index contributed by atoms with van der Waals surface area (Å²) in [5.41, 5.74) is -0.674. The second-order valence-corrected chi connectivity index (χ2v) is 3.92. The fourth-order valence-corrected chi connectivity index (χ4v) is 1.49. The Hall–Kier alpha value is -2.15. The lowest BCUT2D eigenvalue weighted by atomic mass is 10.1. The van der Waals surface area contributed by atoms with Crippen LogP contribution < -0.4 is 10.6 Å². The van der Waals surface area contributed by atoms with Gasteiger partial charge in [-0.3, -0.25) is 0 Å². The number of carbonyl (C=O) groups is 2. The molecule has 1 unspecified atom stereocenters. The van der Waals surface area contributed by atoms with Crippen molar-refractivity contribution in [2.24, 2.45) is 0 Å². The standard InChI is InChI=1S/C12H15FN2O4/c1-7(6-19-2)14-12(18)15-10-8(11(16)17)4-3-5-9(10)13/h3-5,7H,6H2,1-2H3,(H,16,17)(H2,14,15,18). The third-order valence-corrected chi connectivity index (χ3v) is 2.28. The number of benzene rings is 1. The molecule has 2 amide bonds. The van der Waals surface area contributed by atoms with Crippen molar-refractivity contribution in [3.63, 3.8) is 0 Å². The van der Waals surface area contributed by atoms with Crippen molar-refractivity contribution >= 4 is 17.7 Å². The quantitative estimate of drug-likeness (QED) is 0.759. The minimum atomic E-state index is -1.32. The number of hydrogen-bond acceptors (Lipinski definition) is 3. The van der Waals surface area contributed by atoms with Gasteiger partial charge in [0.05, 0.1) is 23.9 Å². The number of nitrogens with one attached hydrogen (secondary N) is 2. The summed E-state index contributed by atoms with van der Waals surface area (Å²) in [6, 6.07) is 2.55. The maximum atomic E-state index is 13.5. The summed E-state index contributed by atoms with van der Waals surface area (Å²) < 4.78 is 18.4. The van der Waals surface area contributed by atoms with Gasteiger partial charge in [0.15, 0.2) is 0 Å². The van der Waals surface area contributed by atoms with Gasteiger partial charge in [0.25, 0.3) is 0 Å². The van der Waals surface area contributed by atoms with Gasteiger partial charge in [-0.25, -0.2) is 14.0 Å². The normalized spacial score (nSPS) is 11.7. The number of aromatic carboxylic acids is 1. The average molecular weight is 270 g/mol. The Kier molecular flexibility index (Phi) is 5.25. The third kappa shape index (κ3) is 4.22. The van der Waals surface area contributed by atoms with Gasteiger partial charge >= 0.3 is 12.0 Å². The van der Waals surface area contributed by atoms with E-state index in [1.165, 1.54) is 19.2 Å². The molecule has 1 rings (SSSR count). The lowest BCUT2D eigenvalue weighted by Crippen LogP contribution is -2.39. The van der Waals surface area contributed by atoms with Crippen molar-refractivity contribution in [1.29, 1.82) is 0 Å². The summed E-state index contributed by atoms with van der Waals surface area (Å²) in [7, 11) is 1.48. The molecular formula is C12H15FN2O4. The minimum Gasteiger partial charge on any atom is -0.478 e. The Morgan fingerprint density at radius 1 is 1.47 bits per heavy atom. The average Bonchev–Trinajstić information content (AvgIpc) is 2.31. The number of ether oxygens (including phenoxy) is 1. The summed E-state index contributed by atoms with van der Waals surface area (Å²) in [5.74, 6) is -2.13. The lowest BCUT2D eigenvalue weighted by molar-refractivity contribution is 0.0697. The maximum Gasteiger partial charge on any atom is 0.337 e. The molecule has 0 fully saturated rings. The monoisotopic (exact) mass is 270 g/mol. The van der Waals surface area contributed by atoms with Gasteiger partial charge in [-0.2, -0.15) is 0 Å². The number of carboxylic acids is 1. The Morgan fingerprint density at radius 3 is 2.74 bits per heavy atom. The zero-order valence-electron chi connectivity index (χ0n) is 10.6. The fourth-order valence-electron chi connectivity index (χ4n) is 1.49. The van der Waals surface area contributed by atoms with E-state index in [1.807, 2.05) is 0 Å². The predicted molar refractivity (Wildman–Crippen MR) is 66.9 cm³/mol. The van der Waals surface area contributed by atoms with E-state index in [4.69, 9.17) is 9.84 Å². The number of para-hydroxylation sites is 1. The summed E-state index contributed by atoms with van der Waals surface area (Å²) >= 11 is 0. The van der Waals surface area contributed by atoms with E-state index >= 15 is 0 Å². The molecule has 0 heterocycles. The molecule has 0 aliphatic rings. The van der Waals surface area contributed by atoms with E-state index in [2.05, 4.69) is 10.6 Å². The van der Waals surface area contributed by atoms with Crippen LogP contribution in [0.2, 0.25) is 0 Å². The number of carbonyl (C=O) groups excluding carboxylic acids is 1. The number of anilines is 1. The van der Waals surface area contributed by atoms with Crippen LogP contribution in [0.25, 0.3) is 0 Å². The molecule has 7 heteroatoms. The molecule has 6 nitrogen and oxygen atoms in total. The van der Waals surface area contributed by atoms with Crippen molar-refractivity contribution in [3.8, 4) is 0 Å². The molecule has 3 N–H and O–H groups in total. The number of rotatable bonds is 5. The van der Waals surface area contributed by atoms with E-state index in [0.717, 1.165) is 6.07 Å². The molecule has 0 saturated heterocycles. The van der Waals surface area contributed by atoms with Crippen molar-refractivity contribution in [3.05, 3.63) is 29.6 Å². The van der Waals surface area contributed by atoms with Crippen LogP contribution in [0.3, 0.4) is 0 Å². The number of hydrogen-bond donors (Lipinski definition) is 3. The Balaban J connectivity index is 2.82. The van der Waals surface area contributed by atoms with Crippen molar-refractivity contribution in [1.82, 2.24) is 5.32 Å². The van der Waals surface area contributed by atoms with E-state index in [-0.39, 0.29) is 23.9 Å². The number of carboxylic acid groups (broad SMARTS) is 1. The highest BCUT2D eigenvalue weighted by molar-refractivity contribution is 6.00. The largest absolute Gasteiger partial charge is 0.478 e. The SMILES string of the molecule is COCC(C)NC(=O)Nc1c(F)cccc1C(=O)O. The molecule has 0 aliphatic carbocycles. The van der Waals surface area contributed by atoms with Gasteiger partial charge in [0.1, 0.15) is 5.82 Å². The smallest absolute Gasteiger partial charge is 0.337 e. The van der Waals surface area contributed by atoms with Gasteiger partial charge in [0, 0.05) is 7.11 Å². The van der Waals surface area contributed by atoms with Crippen LogP contribution >= 0.6 is 0 Å². The number of halogens is 1. The van der Waals surface area contributed by atoms with Gasteiger partial charge in [-0.15, -0.1) is 0 Å². The van der Waals surface area contributed by atoms with Crippen LogP contribution in [0.15, 0.2) is 18.2 Å². The first-order valence-electron chi connectivity index (χ1n) is 5.54. The first kappa shape index (κ1) is 14.9. The molecule has 1 atom stereocenters. The highest BCUT2D eigenvalue weighted by atomic mass is 19.1. The van der Waals surface area contributed by atoms with Crippen LogP contribution in [0, 0.1) is 5.82 Å². The van der Waals surface area contributed by atoms with Crippen LogP contribution in [0.1, 0.15) is 17.3 Å². The Bertz CT molecular complexity index is 479.